The number of carbonyl (C=O) groups is 2. The molecule has 1 aliphatic rings. The summed E-state index contributed by atoms with van der Waals surface area (Å²) in [6.45, 7) is 2.18. The molecule has 1 amide bonds. The highest BCUT2D eigenvalue weighted by molar-refractivity contribution is 5.94. The van der Waals surface area contributed by atoms with Crippen molar-refractivity contribution in [2.75, 3.05) is 21.0 Å². The van der Waals surface area contributed by atoms with Crippen LogP contribution < -0.4 is 4.74 Å². The number of benzene rings is 1. The molecular formula is C23H29N3O6. The van der Waals surface area contributed by atoms with Crippen molar-refractivity contribution in [3.63, 3.8) is 0 Å². The van der Waals surface area contributed by atoms with Gasteiger partial charge in [-0.25, -0.2) is 4.79 Å². The molecule has 0 bridgehead atoms. The van der Waals surface area contributed by atoms with E-state index in [4.69, 9.17) is 24.5 Å². The Labute approximate surface area is 187 Å². The van der Waals surface area contributed by atoms with Crippen LogP contribution in [-0.4, -0.2) is 45.1 Å². The molecule has 0 saturated heterocycles. The largest absolute Gasteiger partial charge is 0.496 e. The summed E-state index contributed by atoms with van der Waals surface area (Å²) in [4.78, 5) is 27.1. The smallest absolute Gasteiger partial charge is 0.342 e. The number of methoxy groups -OCH3 is 2. The number of allylic oxidation sites excluding steroid dienone is 2. The van der Waals surface area contributed by atoms with E-state index in [0.29, 0.717) is 24.2 Å². The van der Waals surface area contributed by atoms with E-state index in [-0.39, 0.29) is 25.2 Å². The summed E-state index contributed by atoms with van der Waals surface area (Å²) < 4.78 is 22.2. The Hall–Kier alpha value is -3.13. The van der Waals surface area contributed by atoms with Gasteiger partial charge in [-0.05, 0) is 47.1 Å². The van der Waals surface area contributed by atoms with E-state index in [0.717, 1.165) is 18.1 Å². The van der Waals surface area contributed by atoms with E-state index in [1.54, 1.807) is 13.2 Å². The van der Waals surface area contributed by atoms with Crippen LogP contribution in [0.5, 0.6) is 5.75 Å². The Bertz CT molecular complexity index is 892. The second-order valence-electron chi connectivity index (χ2n) is 7.42. The summed E-state index contributed by atoms with van der Waals surface area (Å²) in [6.07, 6.45) is 7.96. The predicted octanol–water partition coefficient (Wildman–Crippen LogP) is 4.52. The zero-order chi connectivity index (χ0) is 23.3. The third kappa shape index (κ3) is 7.53. The number of amides is 1. The van der Waals surface area contributed by atoms with Crippen molar-refractivity contribution in [2.45, 2.75) is 44.8 Å². The lowest BCUT2D eigenvalue weighted by Gasteiger charge is -2.28. The number of azide groups is 1. The summed E-state index contributed by atoms with van der Waals surface area (Å²) >= 11 is 0. The van der Waals surface area contributed by atoms with Crippen LogP contribution in [0.4, 0.5) is 0 Å². The van der Waals surface area contributed by atoms with Crippen LogP contribution >= 0.6 is 0 Å². The molecule has 1 unspecified atom stereocenters. The molecule has 0 saturated carbocycles. The first-order valence-corrected chi connectivity index (χ1v) is 10.4. The molecule has 1 heterocycles. The lowest BCUT2D eigenvalue weighted by Crippen LogP contribution is -2.31. The van der Waals surface area contributed by atoms with E-state index < -0.39 is 18.0 Å². The standard InChI is InChI=1S/C23H29N3O6/c1-16-8-4-5-9-17-10-6-12-19(30-3)22(17)23(28)32-18(14-20(16)31-15-29-2)11-7-13-21(27)25-26-24/h4-7,10,12-13,16,18,20H,8-9,11,14-15H2,1-3H3/t16-,18?,20+/m0/s1. The van der Waals surface area contributed by atoms with E-state index in [1.165, 1.54) is 13.2 Å². The van der Waals surface area contributed by atoms with Crippen molar-refractivity contribution in [3.05, 3.63) is 64.1 Å². The fraction of sp³-hybridized carbons (Fsp3) is 0.478. The minimum Gasteiger partial charge on any atom is -0.496 e. The van der Waals surface area contributed by atoms with Gasteiger partial charge in [0.1, 0.15) is 24.2 Å². The van der Waals surface area contributed by atoms with Crippen molar-refractivity contribution in [1.82, 2.24) is 0 Å². The van der Waals surface area contributed by atoms with Gasteiger partial charge in [0.15, 0.2) is 0 Å². The number of rotatable bonds is 7. The van der Waals surface area contributed by atoms with Gasteiger partial charge in [0.2, 0.25) is 5.91 Å². The topological polar surface area (TPSA) is 120 Å². The Morgan fingerprint density at radius 2 is 2.16 bits per heavy atom. The molecule has 3 atom stereocenters. The molecule has 0 spiro atoms. The van der Waals surface area contributed by atoms with Crippen LogP contribution in [0.1, 0.15) is 42.1 Å². The molecule has 9 nitrogen and oxygen atoms in total. The average Bonchev–Trinajstić information content (AvgIpc) is 2.78. The fourth-order valence-electron chi connectivity index (χ4n) is 3.50. The molecule has 172 valence electrons. The van der Waals surface area contributed by atoms with Crippen molar-refractivity contribution in [1.29, 1.82) is 0 Å². The number of nitrogens with zero attached hydrogens (tertiary/aromatic N) is 3. The number of ether oxygens (including phenoxy) is 4. The summed E-state index contributed by atoms with van der Waals surface area (Å²) in [5.74, 6) is -0.652. The molecule has 0 N–H and O–H groups in total. The molecule has 0 aromatic heterocycles. The quantitative estimate of drug-likeness (QED) is 0.116. The third-order valence-electron chi connectivity index (χ3n) is 5.16. The molecule has 0 aliphatic carbocycles. The zero-order valence-electron chi connectivity index (χ0n) is 18.6. The van der Waals surface area contributed by atoms with Gasteiger partial charge in [-0.3, -0.25) is 4.79 Å². The minimum atomic E-state index is -0.718. The maximum atomic E-state index is 13.2. The number of hydrogen-bond donors (Lipinski definition) is 0. The number of fused-ring (bicyclic) bond motifs is 1. The van der Waals surface area contributed by atoms with Crippen molar-refractivity contribution in [2.24, 2.45) is 11.0 Å². The van der Waals surface area contributed by atoms with Gasteiger partial charge in [-0.2, -0.15) is 0 Å². The molecule has 0 radical (unpaired) electrons. The Balaban J connectivity index is 2.37. The molecule has 1 aromatic carbocycles. The van der Waals surface area contributed by atoms with E-state index in [2.05, 4.69) is 23.0 Å². The Morgan fingerprint density at radius 3 is 2.88 bits per heavy atom. The maximum Gasteiger partial charge on any atom is 0.342 e. The van der Waals surface area contributed by atoms with Gasteiger partial charge in [-0.15, -0.1) is 0 Å². The minimum absolute atomic E-state index is 0.112. The van der Waals surface area contributed by atoms with Gasteiger partial charge in [0.05, 0.1) is 13.2 Å². The highest BCUT2D eigenvalue weighted by Crippen LogP contribution is 2.28. The first kappa shape index (κ1) is 25.1. The van der Waals surface area contributed by atoms with Gasteiger partial charge < -0.3 is 18.9 Å². The lowest BCUT2D eigenvalue weighted by atomic mass is 9.93. The summed E-state index contributed by atoms with van der Waals surface area (Å²) in [5, 5.41) is 3.01. The number of hydrogen-bond acceptors (Lipinski definition) is 6. The highest BCUT2D eigenvalue weighted by atomic mass is 16.7. The van der Waals surface area contributed by atoms with Gasteiger partial charge >= 0.3 is 5.97 Å². The van der Waals surface area contributed by atoms with Crippen LogP contribution in [0.15, 0.2) is 47.6 Å². The third-order valence-corrected chi connectivity index (χ3v) is 5.16. The zero-order valence-corrected chi connectivity index (χ0v) is 18.6. The maximum absolute atomic E-state index is 13.2. The van der Waals surface area contributed by atoms with Gasteiger partial charge in [-0.1, -0.05) is 37.3 Å². The number of cyclic esters (lactones) is 1. The summed E-state index contributed by atoms with van der Waals surface area (Å²) in [6, 6.07) is 5.43. The summed E-state index contributed by atoms with van der Waals surface area (Å²) in [7, 11) is 3.05. The van der Waals surface area contributed by atoms with Gasteiger partial charge in [0.25, 0.3) is 0 Å². The van der Waals surface area contributed by atoms with Crippen LogP contribution in [0, 0.1) is 5.92 Å². The lowest BCUT2D eigenvalue weighted by molar-refractivity contribution is -0.113. The molecule has 1 aliphatic heterocycles. The van der Waals surface area contributed by atoms with E-state index >= 15 is 0 Å². The average molecular weight is 444 g/mol. The molecule has 9 heteroatoms. The first-order chi connectivity index (χ1) is 15.5. The summed E-state index contributed by atoms with van der Waals surface area (Å²) in [5.41, 5.74) is 9.55. The highest BCUT2D eigenvalue weighted by Gasteiger charge is 2.27. The molecule has 2 rings (SSSR count). The van der Waals surface area contributed by atoms with Gasteiger partial charge in [0, 0.05) is 24.9 Å². The van der Waals surface area contributed by atoms with Crippen LogP contribution in [0.2, 0.25) is 0 Å². The van der Waals surface area contributed by atoms with Crippen LogP contribution in [-0.2, 0) is 25.4 Å². The fourth-order valence-corrected chi connectivity index (χ4v) is 3.50. The second kappa shape index (κ2) is 13.3. The van der Waals surface area contributed by atoms with Crippen molar-refractivity contribution in [3.8, 4) is 5.75 Å². The SMILES string of the molecule is COCO[C@@H]1CC(CC=CC(=O)N=[N+]=[N-])OC(=O)c2c(cccc2OC)CC=CC[C@@H]1C. The molecule has 0 fully saturated rings. The van der Waals surface area contributed by atoms with E-state index in [9.17, 15) is 9.59 Å². The molecular weight excluding hydrogens is 414 g/mol. The molecule has 32 heavy (non-hydrogen) atoms. The number of esters is 1. The molecule has 1 aromatic rings. The Morgan fingerprint density at radius 1 is 1.34 bits per heavy atom. The second-order valence-corrected chi connectivity index (χ2v) is 7.42. The number of carbonyl (C=O) groups excluding carboxylic acids is 2. The monoisotopic (exact) mass is 443 g/mol. The van der Waals surface area contributed by atoms with Crippen LogP contribution in [0.25, 0.3) is 10.4 Å². The Kier molecular flexibility index (Phi) is 10.5. The van der Waals surface area contributed by atoms with Crippen molar-refractivity contribution < 1.29 is 28.5 Å². The van der Waals surface area contributed by atoms with E-state index in [1.807, 2.05) is 18.2 Å². The first-order valence-electron chi connectivity index (χ1n) is 10.4. The predicted molar refractivity (Wildman–Crippen MR) is 118 cm³/mol. The normalized spacial score (nSPS) is 21.6. The van der Waals surface area contributed by atoms with Crippen molar-refractivity contribution >= 4 is 11.9 Å². The van der Waals surface area contributed by atoms with Crippen LogP contribution in [0.3, 0.4) is 0 Å².